The van der Waals surface area contributed by atoms with Gasteiger partial charge >= 0.3 is 0 Å². The molecule has 2 aromatic carbocycles. The van der Waals surface area contributed by atoms with Gasteiger partial charge in [0.25, 0.3) is 5.89 Å². The lowest BCUT2D eigenvalue weighted by molar-refractivity contribution is -1.02. The molecule has 3 aromatic rings. The first-order valence-electron chi connectivity index (χ1n) is 9.99. The number of ether oxygens (including phenoxy) is 1. The summed E-state index contributed by atoms with van der Waals surface area (Å²) in [5.41, 5.74) is 3.46. The lowest BCUT2D eigenvalue weighted by atomic mass is 10.1. The summed E-state index contributed by atoms with van der Waals surface area (Å²) in [6, 6.07) is 13.9. The highest BCUT2D eigenvalue weighted by molar-refractivity contribution is 6.30. The molecule has 0 unspecified atom stereocenters. The van der Waals surface area contributed by atoms with Gasteiger partial charge in [-0.3, -0.25) is 0 Å². The van der Waals surface area contributed by atoms with Gasteiger partial charge in [-0.1, -0.05) is 23.2 Å². The Hall–Kier alpha value is -2.41. The minimum atomic E-state index is 0.548. The van der Waals surface area contributed by atoms with Gasteiger partial charge in [0.15, 0.2) is 6.54 Å². The van der Waals surface area contributed by atoms with Crippen LogP contribution in [0.3, 0.4) is 0 Å². The van der Waals surface area contributed by atoms with E-state index in [1.54, 1.807) is 12.0 Å². The molecule has 0 spiro atoms. The number of quaternary nitrogens is 2. The molecule has 7 heteroatoms. The number of nitrogens with zero attached hydrogens (tertiary/aromatic N) is 2. The normalized spacial score (nSPS) is 19.3. The predicted octanol–water partition coefficient (Wildman–Crippen LogP) is 1.19. The molecule has 2 heterocycles. The van der Waals surface area contributed by atoms with Crippen LogP contribution in [-0.2, 0) is 13.1 Å². The summed E-state index contributed by atoms with van der Waals surface area (Å²) in [5, 5.41) is 9.12. The molecule has 1 fully saturated rings. The van der Waals surface area contributed by atoms with Crippen molar-refractivity contribution in [2.24, 2.45) is 0 Å². The molecule has 152 valence electrons. The van der Waals surface area contributed by atoms with E-state index >= 15 is 0 Å². The predicted molar refractivity (Wildman–Crippen MR) is 111 cm³/mol. The minimum Gasteiger partial charge on any atom is -0.496 e. The van der Waals surface area contributed by atoms with Gasteiger partial charge in [-0.25, -0.2) is 0 Å². The van der Waals surface area contributed by atoms with E-state index < -0.39 is 0 Å². The first-order chi connectivity index (χ1) is 14.1. The van der Waals surface area contributed by atoms with Crippen LogP contribution in [0.5, 0.6) is 5.75 Å². The van der Waals surface area contributed by atoms with Crippen molar-refractivity contribution in [1.29, 1.82) is 0 Å². The molecule has 0 amide bonds. The van der Waals surface area contributed by atoms with E-state index in [-0.39, 0.29) is 0 Å². The van der Waals surface area contributed by atoms with Crippen molar-refractivity contribution in [2.75, 3.05) is 33.3 Å². The zero-order valence-corrected chi connectivity index (χ0v) is 17.6. The molecular formula is C22H27ClN4O2+2. The molecule has 2 N–H and O–H groups in total. The second kappa shape index (κ2) is 8.95. The first kappa shape index (κ1) is 19.9. The third-order valence-electron chi connectivity index (χ3n) is 5.50. The van der Waals surface area contributed by atoms with E-state index in [0.29, 0.717) is 16.8 Å². The molecule has 4 rings (SSSR count). The van der Waals surface area contributed by atoms with Gasteiger partial charge in [-0.05, 0) is 43.3 Å². The van der Waals surface area contributed by atoms with Crippen LogP contribution >= 0.6 is 11.6 Å². The second-order valence-corrected chi connectivity index (χ2v) is 8.11. The number of aromatic nitrogens is 2. The molecule has 1 aromatic heterocycles. The molecule has 29 heavy (non-hydrogen) atoms. The van der Waals surface area contributed by atoms with Crippen LogP contribution in [0.25, 0.3) is 11.5 Å². The van der Waals surface area contributed by atoms with Gasteiger partial charge < -0.3 is 19.0 Å². The van der Waals surface area contributed by atoms with Crippen LogP contribution in [-0.4, -0.2) is 43.5 Å². The van der Waals surface area contributed by atoms with E-state index in [2.05, 4.69) is 35.3 Å². The van der Waals surface area contributed by atoms with Crippen molar-refractivity contribution in [1.82, 2.24) is 10.2 Å². The van der Waals surface area contributed by atoms with Gasteiger partial charge in [0.1, 0.15) is 38.5 Å². The highest BCUT2D eigenvalue weighted by atomic mass is 35.5. The molecule has 6 nitrogen and oxygen atoms in total. The molecule has 0 saturated carbocycles. The number of aryl methyl sites for hydroxylation is 1. The van der Waals surface area contributed by atoms with E-state index in [4.69, 9.17) is 20.8 Å². The topological polar surface area (TPSA) is 57.0 Å². The van der Waals surface area contributed by atoms with Crippen LogP contribution in [0.4, 0.5) is 0 Å². The number of hydrogen-bond acceptors (Lipinski definition) is 4. The number of nitrogens with one attached hydrogen (secondary N) is 2. The molecular weight excluding hydrogens is 388 g/mol. The van der Waals surface area contributed by atoms with Crippen LogP contribution in [0, 0.1) is 6.92 Å². The summed E-state index contributed by atoms with van der Waals surface area (Å²) >= 11 is 5.94. The van der Waals surface area contributed by atoms with E-state index in [1.165, 1.54) is 16.0 Å². The van der Waals surface area contributed by atoms with Crippen molar-refractivity contribution < 1.29 is 19.0 Å². The highest BCUT2D eigenvalue weighted by Gasteiger charge is 2.25. The maximum atomic E-state index is 5.94. The number of hydrogen-bond donors (Lipinski definition) is 2. The largest absolute Gasteiger partial charge is 0.496 e. The van der Waals surface area contributed by atoms with Crippen LogP contribution < -0.4 is 14.5 Å². The summed E-state index contributed by atoms with van der Waals surface area (Å²) in [4.78, 5) is 3.07. The quantitative estimate of drug-likeness (QED) is 0.636. The van der Waals surface area contributed by atoms with Crippen LogP contribution in [0.1, 0.15) is 17.0 Å². The zero-order valence-electron chi connectivity index (χ0n) is 16.9. The Balaban J connectivity index is 1.31. The van der Waals surface area contributed by atoms with Crippen LogP contribution in [0.2, 0.25) is 5.02 Å². The molecule has 1 saturated heterocycles. The summed E-state index contributed by atoms with van der Waals surface area (Å²) < 4.78 is 11.4. The summed E-state index contributed by atoms with van der Waals surface area (Å²) in [6.07, 6.45) is 0. The molecule has 1 aliphatic heterocycles. The molecule has 0 aliphatic carbocycles. The first-order valence-corrected chi connectivity index (χ1v) is 10.4. The third kappa shape index (κ3) is 4.96. The minimum absolute atomic E-state index is 0.548. The Morgan fingerprint density at radius 3 is 2.34 bits per heavy atom. The van der Waals surface area contributed by atoms with Crippen molar-refractivity contribution >= 4 is 11.6 Å². The van der Waals surface area contributed by atoms with Crippen LogP contribution in [0.15, 0.2) is 46.9 Å². The van der Waals surface area contributed by atoms with E-state index in [0.717, 1.165) is 50.6 Å². The summed E-state index contributed by atoms with van der Waals surface area (Å²) in [6.45, 7) is 8.30. The monoisotopic (exact) mass is 414 g/mol. The van der Waals surface area contributed by atoms with Gasteiger partial charge in [-0.2, -0.15) is 0 Å². The number of rotatable bonds is 6. The second-order valence-electron chi connectivity index (χ2n) is 7.68. The fourth-order valence-electron chi connectivity index (χ4n) is 3.87. The van der Waals surface area contributed by atoms with Gasteiger partial charge in [-0.15, -0.1) is 10.2 Å². The van der Waals surface area contributed by atoms with Crippen molar-refractivity contribution in [3.8, 4) is 17.2 Å². The maximum Gasteiger partial charge on any atom is 0.271 e. The lowest BCUT2D eigenvalue weighted by Crippen LogP contribution is -3.27. The number of methoxy groups -OCH3 is 1. The number of piperazine rings is 1. The van der Waals surface area contributed by atoms with E-state index in [9.17, 15) is 0 Å². The fourth-order valence-corrected chi connectivity index (χ4v) is 4.00. The summed E-state index contributed by atoms with van der Waals surface area (Å²) in [7, 11) is 1.74. The molecule has 0 atom stereocenters. The molecule has 0 bridgehead atoms. The molecule has 0 radical (unpaired) electrons. The Morgan fingerprint density at radius 1 is 0.966 bits per heavy atom. The van der Waals surface area contributed by atoms with Crippen molar-refractivity contribution in [3.63, 3.8) is 0 Å². The Morgan fingerprint density at radius 2 is 1.66 bits per heavy atom. The van der Waals surface area contributed by atoms with Crippen molar-refractivity contribution in [3.05, 3.63) is 64.5 Å². The third-order valence-corrected chi connectivity index (χ3v) is 5.75. The summed E-state index contributed by atoms with van der Waals surface area (Å²) in [5.74, 6) is 2.22. The number of benzene rings is 2. The standard InChI is InChI=1S/C22H25ClN4O2/c1-16-3-8-20(28-2)18(13-16)14-26-9-11-27(12-10-26)15-21-24-25-22(29-21)17-4-6-19(23)7-5-17/h3-8,13H,9-12,14-15H2,1-2H3/p+2. The SMILES string of the molecule is COc1ccc(C)cc1C[NH+]1CC[NH+](Cc2nnc(-c3ccc(Cl)cc3)o2)CC1. The maximum absolute atomic E-state index is 5.94. The average Bonchev–Trinajstić information content (AvgIpc) is 3.19. The lowest BCUT2D eigenvalue weighted by Gasteiger charge is -2.29. The van der Waals surface area contributed by atoms with Gasteiger partial charge in [0.05, 0.1) is 7.11 Å². The van der Waals surface area contributed by atoms with Crippen molar-refractivity contribution in [2.45, 2.75) is 20.0 Å². The Bertz CT molecular complexity index is 950. The Kier molecular flexibility index (Phi) is 6.13. The Labute approximate surface area is 176 Å². The average molecular weight is 415 g/mol. The van der Waals surface area contributed by atoms with E-state index in [1.807, 2.05) is 24.3 Å². The fraction of sp³-hybridized carbons (Fsp3) is 0.364. The number of halogens is 1. The molecule has 1 aliphatic rings. The van der Waals surface area contributed by atoms with Gasteiger partial charge in [0, 0.05) is 16.1 Å². The van der Waals surface area contributed by atoms with Gasteiger partial charge in [0.2, 0.25) is 5.89 Å². The smallest absolute Gasteiger partial charge is 0.271 e. The highest BCUT2D eigenvalue weighted by Crippen LogP contribution is 2.20. The zero-order chi connectivity index (χ0) is 20.2.